The molecule has 0 saturated carbocycles. The van der Waals surface area contributed by atoms with Crippen molar-refractivity contribution in [2.75, 3.05) is 11.0 Å². The van der Waals surface area contributed by atoms with Crippen LogP contribution in [0.15, 0.2) is 54.9 Å². The summed E-state index contributed by atoms with van der Waals surface area (Å²) in [7, 11) is 1.66. The van der Waals surface area contributed by atoms with Gasteiger partial charge in [-0.1, -0.05) is 12.1 Å². The summed E-state index contributed by atoms with van der Waals surface area (Å²) in [4.78, 5) is 8.80. The van der Waals surface area contributed by atoms with E-state index in [1.54, 1.807) is 13.3 Å². The molecule has 0 radical (unpaired) electrons. The molecule has 0 fully saturated rings. The Kier molecular flexibility index (Phi) is 4.01. The molecule has 0 aliphatic carbocycles. The maximum Gasteiger partial charge on any atom is 0.140 e. The number of benzene rings is 1. The highest BCUT2D eigenvalue weighted by molar-refractivity contribution is 9.10. The monoisotopic (exact) mass is 343 g/mol. The Morgan fingerprint density at radius 1 is 1.14 bits per heavy atom. The van der Waals surface area contributed by atoms with Gasteiger partial charge in [-0.15, -0.1) is 0 Å². The molecule has 0 spiro atoms. The molecule has 2 aromatic heterocycles. The van der Waals surface area contributed by atoms with Crippen molar-refractivity contribution in [1.29, 1.82) is 0 Å². The van der Waals surface area contributed by atoms with Crippen LogP contribution in [0, 0.1) is 0 Å². The summed E-state index contributed by atoms with van der Waals surface area (Å²) in [5, 5.41) is 1.03. The first-order chi connectivity index (χ1) is 10.3. The van der Waals surface area contributed by atoms with E-state index in [9.17, 15) is 0 Å². The third-order valence-electron chi connectivity index (χ3n) is 3.20. The van der Waals surface area contributed by atoms with Gasteiger partial charge in [0.1, 0.15) is 11.6 Å². The fraction of sp³-hybridized carbons (Fsp3) is 0.125. The fourth-order valence-corrected chi connectivity index (χ4v) is 2.54. The number of ether oxygens (including phenoxy) is 1. The summed E-state index contributed by atoms with van der Waals surface area (Å²) in [6, 6.07) is 13.8. The van der Waals surface area contributed by atoms with Gasteiger partial charge in [0, 0.05) is 23.8 Å². The lowest BCUT2D eigenvalue weighted by atomic mass is 10.2. The van der Waals surface area contributed by atoms with Crippen LogP contribution in [0.5, 0.6) is 5.75 Å². The molecule has 3 rings (SSSR count). The lowest BCUT2D eigenvalue weighted by Gasteiger charge is -2.16. The first-order valence-corrected chi connectivity index (χ1v) is 7.24. The number of fused-ring (bicyclic) bond motifs is 1. The van der Waals surface area contributed by atoms with Gasteiger partial charge in [0.05, 0.1) is 35.3 Å². The van der Waals surface area contributed by atoms with Gasteiger partial charge in [0.15, 0.2) is 0 Å². The Labute approximate surface area is 131 Å². The van der Waals surface area contributed by atoms with Crippen molar-refractivity contribution in [1.82, 2.24) is 9.97 Å². The molecule has 0 saturated heterocycles. The first kappa shape index (κ1) is 13.8. The molecular weight excluding hydrogens is 330 g/mol. The van der Waals surface area contributed by atoms with E-state index in [-0.39, 0.29) is 0 Å². The second-order valence-electron chi connectivity index (χ2n) is 4.61. The van der Waals surface area contributed by atoms with Gasteiger partial charge in [-0.2, -0.15) is 0 Å². The quantitative estimate of drug-likeness (QED) is 0.672. The van der Waals surface area contributed by atoms with Crippen LogP contribution < -0.4 is 8.66 Å². The molecule has 0 aliphatic rings. The molecule has 1 aromatic carbocycles. The molecule has 106 valence electrons. The van der Waals surface area contributed by atoms with Gasteiger partial charge in [-0.3, -0.25) is 8.91 Å². The van der Waals surface area contributed by atoms with Crippen LogP contribution in [0.2, 0.25) is 0 Å². The highest BCUT2D eigenvalue weighted by Crippen LogP contribution is 2.22. The Bertz CT molecular complexity index is 746. The second-order valence-corrected chi connectivity index (χ2v) is 5.46. The highest BCUT2D eigenvalue weighted by Gasteiger charge is 2.07. The topological polar surface area (TPSA) is 38.2 Å². The predicted molar refractivity (Wildman–Crippen MR) is 87.6 cm³/mol. The zero-order valence-corrected chi connectivity index (χ0v) is 13.1. The summed E-state index contributed by atoms with van der Waals surface area (Å²) in [6.45, 7) is 0.704. The minimum atomic E-state index is 0.704. The number of rotatable bonds is 4. The zero-order chi connectivity index (χ0) is 14.7. The van der Waals surface area contributed by atoms with Crippen molar-refractivity contribution in [2.24, 2.45) is 0 Å². The van der Waals surface area contributed by atoms with E-state index in [0.717, 1.165) is 28.0 Å². The summed E-state index contributed by atoms with van der Waals surface area (Å²) >= 11 is 3.56. The number of anilines is 1. The molecule has 0 aliphatic heterocycles. The van der Waals surface area contributed by atoms with E-state index in [4.69, 9.17) is 4.74 Å². The number of pyridine rings is 2. The summed E-state index contributed by atoms with van der Waals surface area (Å²) < 4.78 is 7.08. The molecule has 2 heterocycles. The lowest BCUT2D eigenvalue weighted by Crippen LogP contribution is -2.10. The minimum Gasteiger partial charge on any atom is -0.497 e. The molecule has 21 heavy (non-hydrogen) atoms. The fourth-order valence-electron chi connectivity index (χ4n) is 2.06. The van der Waals surface area contributed by atoms with Crippen molar-refractivity contribution in [3.05, 3.63) is 60.4 Å². The standard InChI is InChI=1S/C16H14BrN3O/c1-21-14-6-4-12(5-7-14)11-20(17)16-9-15-13(10-19-16)3-2-8-18-15/h2-10H,11H2,1H3. The van der Waals surface area contributed by atoms with Gasteiger partial charge in [0.2, 0.25) is 0 Å². The Balaban J connectivity index is 1.80. The number of nitrogens with zero attached hydrogens (tertiary/aromatic N) is 3. The number of hydrogen-bond donors (Lipinski definition) is 0. The first-order valence-electron chi connectivity index (χ1n) is 6.53. The highest BCUT2D eigenvalue weighted by atomic mass is 79.9. The normalized spacial score (nSPS) is 10.6. The van der Waals surface area contributed by atoms with Gasteiger partial charge in [0.25, 0.3) is 0 Å². The van der Waals surface area contributed by atoms with E-state index in [0.29, 0.717) is 6.54 Å². The van der Waals surface area contributed by atoms with Crippen molar-refractivity contribution in [3.63, 3.8) is 0 Å². The number of methoxy groups -OCH3 is 1. The van der Waals surface area contributed by atoms with E-state index in [2.05, 4.69) is 26.1 Å². The molecule has 5 heteroatoms. The average molecular weight is 344 g/mol. The van der Waals surface area contributed by atoms with Crippen LogP contribution in [0.1, 0.15) is 5.56 Å². The van der Waals surface area contributed by atoms with Crippen LogP contribution in [0.25, 0.3) is 10.9 Å². The van der Waals surface area contributed by atoms with Crippen molar-refractivity contribution in [2.45, 2.75) is 6.54 Å². The summed E-state index contributed by atoms with van der Waals surface area (Å²) in [6.07, 6.45) is 3.62. The SMILES string of the molecule is COc1ccc(CN(Br)c2cc3ncccc3cn2)cc1. The minimum absolute atomic E-state index is 0.704. The molecule has 0 N–H and O–H groups in total. The smallest absolute Gasteiger partial charge is 0.140 e. The van der Waals surface area contributed by atoms with Gasteiger partial charge >= 0.3 is 0 Å². The average Bonchev–Trinajstić information content (AvgIpc) is 2.55. The molecule has 0 bridgehead atoms. The largest absolute Gasteiger partial charge is 0.497 e. The molecule has 0 amide bonds. The zero-order valence-electron chi connectivity index (χ0n) is 11.5. The Hall–Kier alpha value is -2.14. The van der Waals surface area contributed by atoms with Crippen LogP contribution >= 0.6 is 16.1 Å². The second kappa shape index (κ2) is 6.10. The van der Waals surface area contributed by atoms with E-state index < -0.39 is 0 Å². The van der Waals surface area contributed by atoms with Gasteiger partial charge in [-0.25, -0.2) is 4.98 Å². The van der Waals surface area contributed by atoms with Crippen LogP contribution in [-0.4, -0.2) is 17.1 Å². The molecule has 0 atom stereocenters. The van der Waals surface area contributed by atoms with E-state index in [1.807, 2.05) is 52.6 Å². The van der Waals surface area contributed by atoms with E-state index in [1.165, 1.54) is 0 Å². The molecule has 0 unspecified atom stereocenters. The number of aromatic nitrogens is 2. The van der Waals surface area contributed by atoms with Crippen molar-refractivity contribution in [3.8, 4) is 5.75 Å². The third-order valence-corrected chi connectivity index (χ3v) is 3.82. The van der Waals surface area contributed by atoms with Gasteiger partial charge in [-0.05, 0) is 29.8 Å². The molecule has 3 aromatic rings. The van der Waals surface area contributed by atoms with Crippen molar-refractivity contribution >= 4 is 32.9 Å². The Morgan fingerprint density at radius 2 is 1.95 bits per heavy atom. The number of halogens is 1. The molecular formula is C16H14BrN3O. The predicted octanol–water partition coefficient (Wildman–Crippen LogP) is 3.95. The lowest BCUT2D eigenvalue weighted by molar-refractivity contribution is 0.414. The van der Waals surface area contributed by atoms with Crippen molar-refractivity contribution < 1.29 is 4.74 Å². The van der Waals surface area contributed by atoms with Crippen LogP contribution in [0.4, 0.5) is 5.82 Å². The summed E-state index contributed by atoms with van der Waals surface area (Å²) in [5.41, 5.74) is 2.09. The van der Waals surface area contributed by atoms with Gasteiger partial charge < -0.3 is 4.74 Å². The number of hydrogen-bond acceptors (Lipinski definition) is 4. The molecule has 4 nitrogen and oxygen atoms in total. The maximum atomic E-state index is 5.16. The summed E-state index contributed by atoms with van der Waals surface area (Å²) in [5.74, 6) is 1.69. The van der Waals surface area contributed by atoms with E-state index >= 15 is 0 Å². The van der Waals surface area contributed by atoms with Crippen LogP contribution in [-0.2, 0) is 6.54 Å². The maximum absolute atomic E-state index is 5.16. The Morgan fingerprint density at radius 3 is 2.71 bits per heavy atom. The third kappa shape index (κ3) is 3.13. The van der Waals surface area contributed by atoms with Crippen LogP contribution in [0.3, 0.4) is 0 Å².